The largest absolute Gasteiger partial charge is 0.457 e. The second kappa shape index (κ2) is 6.72. The Morgan fingerprint density at radius 3 is 1.88 bits per heavy atom. The summed E-state index contributed by atoms with van der Waals surface area (Å²) in [5.74, 6) is -4.18. The van der Waals surface area contributed by atoms with Crippen molar-refractivity contribution in [1.29, 1.82) is 0 Å². The molecule has 0 heterocycles. The van der Waals surface area contributed by atoms with Gasteiger partial charge in [-0.3, -0.25) is 4.79 Å². The number of ether oxygens (including phenoxy) is 1. The summed E-state index contributed by atoms with van der Waals surface area (Å²) in [6.07, 6.45) is -2.18. The van der Waals surface area contributed by atoms with Gasteiger partial charge in [0, 0.05) is 6.42 Å². The maximum Gasteiger partial charge on any atom is 0.453 e. The molecule has 4 fully saturated rings. The summed E-state index contributed by atoms with van der Waals surface area (Å²) in [7, 11) is 0. The third kappa shape index (κ3) is 3.36. The van der Waals surface area contributed by atoms with Crippen molar-refractivity contribution >= 4 is 28.6 Å². The molecule has 0 aliphatic heterocycles. The van der Waals surface area contributed by atoms with Crippen molar-refractivity contribution in [3.8, 4) is 0 Å². The molecule has 1 atom stereocenters. The molecule has 4 bridgehead atoms. The summed E-state index contributed by atoms with van der Waals surface area (Å²) in [6.45, 7) is 3.92. The van der Waals surface area contributed by atoms with E-state index in [9.17, 15) is 26.7 Å². The Morgan fingerprint density at radius 2 is 1.50 bits per heavy atom. The van der Waals surface area contributed by atoms with Gasteiger partial charge in [0.05, 0.1) is 0 Å². The quantitative estimate of drug-likeness (QED) is 0.210. The molecule has 0 aromatic heterocycles. The molecule has 0 amide bonds. The summed E-state index contributed by atoms with van der Waals surface area (Å²) >= 11 is 1.36. The van der Waals surface area contributed by atoms with Crippen molar-refractivity contribution in [3.63, 3.8) is 0 Å². The van der Waals surface area contributed by atoms with Crippen molar-refractivity contribution in [2.75, 3.05) is 0 Å². The monoisotopic (exact) mass is 494 g/mol. The number of carbonyl (C=O) groups is 1. The van der Waals surface area contributed by atoms with E-state index >= 15 is 0 Å². The van der Waals surface area contributed by atoms with Gasteiger partial charge in [-0.15, -0.1) is 0 Å². The summed E-state index contributed by atoms with van der Waals surface area (Å²) in [4.78, 5) is 12.5. The number of alkyl halides is 6. The number of rotatable bonds is 5. The minimum absolute atomic E-state index is 0.00757. The van der Waals surface area contributed by atoms with Crippen LogP contribution >= 0.6 is 22.6 Å². The van der Waals surface area contributed by atoms with Gasteiger partial charge in [0.2, 0.25) is 0 Å². The van der Waals surface area contributed by atoms with E-state index in [2.05, 4.69) is 0 Å². The van der Waals surface area contributed by atoms with Crippen LogP contribution < -0.4 is 0 Å². The minimum atomic E-state index is -5.66. The standard InChI is InChI=1S/C18H24F5IO2/c1-9(2)17(12-4-10-3-11(6-12)7-13(17)5-10)26-15(25)14(24)8-16(19,20)18(21,22)23/h9-14H,3-8H2,1-2H3. The minimum Gasteiger partial charge on any atom is -0.457 e. The number of esters is 1. The van der Waals surface area contributed by atoms with Gasteiger partial charge in [-0.25, -0.2) is 0 Å². The van der Waals surface area contributed by atoms with Crippen LogP contribution in [0.15, 0.2) is 0 Å². The second-order valence-electron chi connectivity index (χ2n) is 8.61. The molecule has 2 nitrogen and oxygen atoms in total. The lowest BCUT2D eigenvalue weighted by molar-refractivity contribution is -0.284. The number of hydrogen-bond acceptors (Lipinski definition) is 2. The third-order valence-electron chi connectivity index (χ3n) is 6.70. The Morgan fingerprint density at radius 1 is 1.04 bits per heavy atom. The maximum atomic E-state index is 13.3. The van der Waals surface area contributed by atoms with Gasteiger partial charge in [0.15, 0.2) is 0 Å². The highest BCUT2D eigenvalue weighted by atomic mass is 127. The first kappa shape index (κ1) is 20.6. The van der Waals surface area contributed by atoms with E-state index in [1.807, 2.05) is 13.8 Å². The molecule has 0 aromatic carbocycles. The Labute approximate surface area is 163 Å². The number of hydrogen-bond donors (Lipinski definition) is 0. The van der Waals surface area contributed by atoms with Crippen LogP contribution in [0.5, 0.6) is 0 Å². The fourth-order valence-electron chi connectivity index (χ4n) is 5.81. The van der Waals surface area contributed by atoms with Crippen molar-refractivity contribution in [2.45, 2.75) is 74.0 Å². The molecule has 4 aliphatic carbocycles. The molecule has 0 N–H and O–H groups in total. The van der Waals surface area contributed by atoms with Crippen LogP contribution in [0.25, 0.3) is 0 Å². The van der Waals surface area contributed by atoms with Gasteiger partial charge in [-0.2, -0.15) is 22.0 Å². The van der Waals surface area contributed by atoms with Gasteiger partial charge in [-0.1, -0.05) is 36.4 Å². The predicted octanol–water partition coefficient (Wildman–Crippen LogP) is 5.77. The Kier molecular flexibility index (Phi) is 5.32. The fraction of sp³-hybridized carbons (Fsp3) is 0.944. The van der Waals surface area contributed by atoms with Crippen molar-refractivity contribution in [1.82, 2.24) is 0 Å². The Bertz CT molecular complexity index is 532. The van der Waals surface area contributed by atoms with Crippen molar-refractivity contribution in [2.24, 2.45) is 29.6 Å². The van der Waals surface area contributed by atoms with Gasteiger partial charge >= 0.3 is 18.1 Å². The Balaban J connectivity index is 1.76. The van der Waals surface area contributed by atoms with E-state index in [0.29, 0.717) is 11.8 Å². The first-order chi connectivity index (χ1) is 11.9. The average molecular weight is 494 g/mol. The zero-order valence-corrected chi connectivity index (χ0v) is 16.9. The molecule has 8 heteroatoms. The van der Waals surface area contributed by atoms with Crippen LogP contribution in [0, 0.1) is 29.6 Å². The lowest BCUT2D eigenvalue weighted by atomic mass is 9.47. The summed E-state index contributed by atoms with van der Waals surface area (Å²) in [5.41, 5.74) is -0.721. The first-order valence-corrected chi connectivity index (χ1v) is 10.4. The van der Waals surface area contributed by atoms with Crippen molar-refractivity contribution in [3.05, 3.63) is 0 Å². The van der Waals surface area contributed by atoms with E-state index in [1.165, 1.54) is 29.0 Å². The van der Waals surface area contributed by atoms with E-state index in [-0.39, 0.29) is 17.8 Å². The van der Waals surface area contributed by atoms with E-state index in [0.717, 1.165) is 25.7 Å². The van der Waals surface area contributed by atoms with Crippen LogP contribution in [-0.2, 0) is 9.53 Å². The van der Waals surface area contributed by atoms with Gasteiger partial charge < -0.3 is 4.74 Å². The molecule has 4 aliphatic rings. The molecule has 26 heavy (non-hydrogen) atoms. The van der Waals surface area contributed by atoms with Crippen molar-refractivity contribution < 1.29 is 31.5 Å². The Hall–Kier alpha value is -0.150. The molecule has 4 rings (SSSR count). The summed E-state index contributed by atoms with van der Waals surface area (Å²) < 4.78 is 68.3. The lowest BCUT2D eigenvalue weighted by Crippen LogP contribution is -2.62. The SMILES string of the molecule is CC(C)C1(OC(=O)C(I)CC(F)(F)C(F)(F)F)C2CC3CC(C2)CC1C3. The fourth-order valence-corrected chi connectivity index (χ4v) is 6.49. The number of carbonyl (C=O) groups excluding carboxylic acids is 1. The lowest BCUT2D eigenvalue weighted by Gasteiger charge is -2.62. The smallest absolute Gasteiger partial charge is 0.453 e. The van der Waals surface area contributed by atoms with E-state index < -0.39 is 34.0 Å². The number of halogens is 6. The summed E-state index contributed by atoms with van der Waals surface area (Å²) in [5, 5.41) is 0. The predicted molar refractivity (Wildman–Crippen MR) is 94.1 cm³/mol. The van der Waals surface area contributed by atoms with E-state index in [1.54, 1.807) is 0 Å². The zero-order valence-electron chi connectivity index (χ0n) is 14.8. The topological polar surface area (TPSA) is 26.3 Å². The maximum absolute atomic E-state index is 13.3. The third-order valence-corrected chi connectivity index (χ3v) is 7.65. The van der Waals surface area contributed by atoms with Crippen LogP contribution in [0.2, 0.25) is 0 Å². The highest BCUT2D eigenvalue weighted by molar-refractivity contribution is 14.1. The summed E-state index contributed by atoms with van der Waals surface area (Å²) in [6, 6.07) is 0. The molecule has 1 unspecified atom stereocenters. The average Bonchev–Trinajstić information content (AvgIpc) is 2.48. The highest BCUT2D eigenvalue weighted by Gasteiger charge is 2.62. The molecule has 0 spiro atoms. The zero-order chi connectivity index (χ0) is 19.5. The van der Waals surface area contributed by atoms with E-state index in [4.69, 9.17) is 4.74 Å². The molecule has 4 saturated carbocycles. The molecule has 0 aromatic rings. The molecule has 0 radical (unpaired) electrons. The highest BCUT2D eigenvalue weighted by Crippen LogP contribution is 2.62. The normalized spacial score (nSPS) is 37.9. The molecular formula is C18H24F5IO2. The molecule has 0 saturated heterocycles. The molecule has 150 valence electrons. The first-order valence-electron chi connectivity index (χ1n) is 9.18. The van der Waals surface area contributed by atoms with Gasteiger partial charge in [0.1, 0.15) is 9.53 Å². The van der Waals surface area contributed by atoms with Crippen LogP contribution in [0.4, 0.5) is 22.0 Å². The van der Waals surface area contributed by atoms with Gasteiger partial charge in [0.25, 0.3) is 0 Å². The second-order valence-corrected chi connectivity index (χ2v) is 10.1. The van der Waals surface area contributed by atoms with Gasteiger partial charge in [-0.05, 0) is 61.7 Å². The molecular weight excluding hydrogens is 470 g/mol. The van der Waals surface area contributed by atoms with Crippen LogP contribution in [0.3, 0.4) is 0 Å². The van der Waals surface area contributed by atoms with Crippen LogP contribution in [0.1, 0.15) is 52.4 Å². The van der Waals surface area contributed by atoms with Crippen LogP contribution in [-0.4, -0.2) is 27.6 Å².